The van der Waals surface area contributed by atoms with Crippen LogP contribution in [0.15, 0.2) is 24.3 Å². The Morgan fingerprint density at radius 3 is 2.22 bits per heavy atom. The number of aliphatic hydroxyl groups excluding tert-OH is 1. The summed E-state index contributed by atoms with van der Waals surface area (Å²) in [7, 11) is 1.65. The molecule has 0 aliphatic heterocycles. The van der Waals surface area contributed by atoms with Gasteiger partial charge in [-0.1, -0.05) is 0 Å². The van der Waals surface area contributed by atoms with E-state index in [-0.39, 0.29) is 18.0 Å². The number of nitrogens with one attached hydrogen (secondary N) is 1. The summed E-state index contributed by atoms with van der Waals surface area (Å²) in [5, 5.41) is 12.8. The van der Waals surface area contributed by atoms with Gasteiger partial charge in [0.1, 0.15) is 5.82 Å². The van der Waals surface area contributed by atoms with Crippen LogP contribution in [0.1, 0.15) is 27.2 Å². The molecule has 1 rings (SSSR count). The first-order valence-corrected chi connectivity index (χ1v) is 6.00. The zero-order chi connectivity index (χ0) is 13.8. The van der Waals surface area contributed by atoms with Gasteiger partial charge in [0, 0.05) is 19.2 Å². The minimum absolute atomic E-state index is 0.0306. The van der Waals surface area contributed by atoms with Gasteiger partial charge in [0.25, 0.3) is 0 Å². The van der Waals surface area contributed by atoms with E-state index in [1.165, 1.54) is 12.1 Å². The van der Waals surface area contributed by atoms with Crippen molar-refractivity contribution in [3.8, 4) is 0 Å². The van der Waals surface area contributed by atoms with Gasteiger partial charge in [0.05, 0.1) is 17.7 Å². The molecule has 1 unspecified atom stereocenters. The molecule has 18 heavy (non-hydrogen) atoms. The van der Waals surface area contributed by atoms with Crippen molar-refractivity contribution in [3.63, 3.8) is 0 Å². The molecule has 0 saturated carbocycles. The van der Waals surface area contributed by atoms with E-state index in [1.54, 1.807) is 19.2 Å². The number of hydrogen-bond acceptors (Lipinski definition) is 3. The second kappa shape index (κ2) is 5.67. The molecule has 0 spiro atoms. The molecule has 0 aliphatic carbocycles. The Hall–Kier alpha value is -1.13. The summed E-state index contributed by atoms with van der Waals surface area (Å²) in [4.78, 5) is 0. The molecule has 4 heteroatoms. The molecule has 102 valence electrons. The average molecular weight is 255 g/mol. The van der Waals surface area contributed by atoms with Gasteiger partial charge in [-0.05, 0) is 45.0 Å². The van der Waals surface area contributed by atoms with Crippen LogP contribution in [-0.2, 0) is 4.74 Å². The second-order valence-corrected chi connectivity index (χ2v) is 5.49. The second-order valence-electron chi connectivity index (χ2n) is 5.49. The minimum atomic E-state index is -0.517. The number of rotatable bonds is 6. The summed E-state index contributed by atoms with van der Waals surface area (Å²) in [6.45, 7) is 5.81. The lowest BCUT2D eigenvalue weighted by Gasteiger charge is -2.37. The number of halogens is 1. The Kier molecular flexibility index (Phi) is 4.71. The normalized spacial score (nSPS) is 15.2. The molecule has 0 radical (unpaired) electrons. The third-order valence-electron chi connectivity index (χ3n) is 3.01. The van der Waals surface area contributed by atoms with Crippen LogP contribution in [0.25, 0.3) is 0 Å². The maximum atomic E-state index is 12.8. The van der Waals surface area contributed by atoms with Gasteiger partial charge in [-0.2, -0.15) is 0 Å². The fourth-order valence-electron chi connectivity index (χ4n) is 2.03. The van der Waals surface area contributed by atoms with Crippen LogP contribution in [0.5, 0.6) is 0 Å². The Morgan fingerprint density at radius 1 is 1.22 bits per heavy atom. The summed E-state index contributed by atoms with van der Waals surface area (Å²) in [5.41, 5.74) is -0.0816. The molecule has 0 bridgehead atoms. The summed E-state index contributed by atoms with van der Waals surface area (Å²) in [6, 6.07) is 6.09. The van der Waals surface area contributed by atoms with Gasteiger partial charge in [-0.3, -0.25) is 0 Å². The molecular weight excluding hydrogens is 233 g/mol. The van der Waals surface area contributed by atoms with Crippen molar-refractivity contribution in [2.24, 2.45) is 0 Å². The zero-order valence-corrected chi connectivity index (χ0v) is 11.5. The van der Waals surface area contributed by atoms with E-state index in [0.717, 1.165) is 5.69 Å². The molecule has 1 atom stereocenters. The average Bonchev–Trinajstić information content (AvgIpc) is 2.32. The number of ether oxygens (including phenoxy) is 1. The quantitative estimate of drug-likeness (QED) is 0.821. The standard InChI is InChI=1S/C14H22FNO2/c1-13(2,18-4)9-14(3,10-17)16-12-7-5-11(15)6-8-12/h5-8,16-17H,9-10H2,1-4H3. The SMILES string of the molecule is COC(C)(C)CC(C)(CO)Nc1ccc(F)cc1. The number of methoxy groups -OCH3 is 1. The molecule has 0 fully saturated rings. The highest BCUT2D eigenvalue weighted by Crippen LogP contribution is 2.26. The molecule has 0 saturated heterocycles. The summed E-state index contributed by atoms with van der Waals surface area (Å²) in [6.07, 6.45) is 0.629. The number of benzene rings is 1. The van der Waals surface area contributed by atoms with Crippen LogP contribution in [-0.4, -0.2) is 30.0 Å². The molecule has 3 nitrogen and oxygen atoms in total. The Morgan fingerprint density at radius 2 is 1.78 bits per heavy atom. The zero-order valence-electron chi connectivity index (χ0n) is 11.5. The van der Waals surface area contributed by atoms with E-state index in [2.05, 4.69) is 5.32 Å². The van der Waals surface area contributed by atoms with E-state index >= 15 is 0 Å². The van der Waals surface area contributed by atoms with Gasteiger partial charge >= 0.3 is 0 Å². The van der Waals surface area contributed by atoms with Gasteiger partial charge in [-0.15, -0.1) is 0 Å². The van der Waals surface area contributed by atoms with Crippen LogP contribution in [0, 0.1) is 5.82 Å². The monoisotopic (exact) mass is 255 g/mol. The Balaban J connectivity index is 2.79. The van der Waals surface area contributed by atoms with Crippen molar-refractivity contribution in [3.05, 3.63) is 30.1 Å². The van der Waals surface area contributed by atoms with Crippen molar-refractivity contribution in [1.29, 1.82) is 0 Å². The van der Waals surface area contributed by atoms with Crippen LogP contribution in [0.2, 0.25) is 0 Å². The van der Waals surface area contributed by atoms with Crippen molar-refractivity contribution in [1.82, 2.24) is 0 Å². The first-order chi connectivity index (χ1) is 8.30. The van der Waals surface area contributed by atoms with E-state index in [0.29, 0.717) is 6.42 Å². The lowest BCUT2D eigenvalue weighted by atomic mass is 9.88. The molecule has 1 aromatic rings. The van der Waals surface area contributed by atoms with E-state index in [9.17, 15) is 9.50 Å². The maximum Gasteiger partial charge on any atom is 0.123 e. The molecule has 0 aromatic heterocycles. The van der Waals surface area contributed by atoms with Gasteiger partial charge < -0.3 is 15.2 Å². The smallest absolute Gasteiger partial charge is 0.123 e. The fourth-order valence-corrected chi connectivity index (χ4v) is 2.03. The summed E-state index contributed by atoms with van der Waals surface area (Å²) >= 11 is 0. The summed E-state index contributed by atoms with van der Waals surface area (Å²) < 4.78 is 18.2. The van der Waals surface area contributed by atoms with Gasteiger partial charge in [0.15, 0.2) is 0 Å². The van der Waals surface area contributed by atoms with E-state index < -0.39 is 5.54 Å². The Labute approximate surface area is 108 Å². The van der Waals surface area contributed by atoms with Crippen molar-refractivity contribution in [2.75, 3.05) is 19.0 Å². The van der Waals surface area contributed by atoms with Crippen LogP contribution < -0.4 is 5.32 Å². The predicted molar refractivity (Wildman–Crippen MR) is 71.2 cm³/mol. The number of anilines is 1. The highest BCUT2D eigenvalue weighted by Gasteiger charge is 2.32. The predicted octanol–water partition coefficient (Wildman–Crippen LogP) is 2.80. The largest absolute Gasteiger partial charge is 0.394 e. The van der Waals surface area contributed by atoms with Crippen LogP contribution in [0.4, 0.5) is 10.1 Å². The van der Waals surface area contributed by atoms with Crippen molar-refractivity contribution < 1.29 is 14.2 Å². The molecule has 0 heterocycles. The van der Waals surface area contributed by atoms with E-state index in [1.807, 2.05) is 20.8 Å². The number of hydrogen-bond donors (Lipinski definition) is 2. The minimum Gasteiger partial charge on any atom is -0.394 e. The lowest BCUT2D eigenvalue weighted by molar-refractivity contribution is -0.00531. The highest BCUT2D eigenvalue weighted by atomic mass is 19.1. The van der Waals surface area contributed by atoms with Crippen LogP contribution >= 0.6 is 0 Å². The maximum absolute atomic E-state index is 12.8. The third-order valence-corrected chi connectivity index (χ3v) is 3.01. The molecule has 1 aromatic carbocycles. The topological polar surface area (TPSA) is 41.5 Å². The molecule has 2 N–H and O–H groups in total. The third kappa shape index (κ3) is 4.27. The van der Waals surface area contributed by atoms with Gasteiger partial charge in [0.2, 0.25) is 0 Å². The summed E-state index contributed by atoms with van der Waals surface area (Å²) in [5.74, 6) is -0.275. The highest BCUT2D eigenvalue weighted by molar-refractivity contribution is 5.45. The van der Waals surface area contributed by atoms with Crippen LogP contribution in [0.3, 0.4) is 0 Å². The van der Waals surface area contributed by atoms with E-state index in [4.69, 9.17) is 4.74 Å². The molecule has 0 aliphatic rings. The molecular formula is C14H22FNO2. The lowest BCUT2D eigenvalue weighted by Crippen LogP contribution is -2.45. The first kappa shape index (κ1) is 14.9. The first-order valence-electron chi connectivity index (χ1n) is 6.00. The van der Waals surface area contributed by atoms with Gasteiger partial charge in [-0.25, -0.2) is 4.39 Å². The van der Waals surface area contributed by atoms with Crippen molar-refractivity contribution >= 4 is 5.69 Å². The fraction of sp³-hybridized carbons (Fsp3) is 0.571. The number of aliphatic hydroxyl groups is 1. The Bertz CT molecular complexity index is 378. The van der Waals surface area contributed by atoms with Crippen molar-refractivity contribution in [2.45, 2.75) is 38.3 Å². The molecule has 0 amide bonds.